The van der Waals surface area contributed by atoms with Crippen LogP contribution in [0.25, 0.3) is 0 Å². The van der Waals surface area contributed by atoms with E-state index in [4.69, 9.17) is 4.42 Å². The van der Waals surface area contributed by atoms with E-state index in [1.54, 1.807) is 12.5 Å². The van der Waals surface area contributed by atoms with Gasteiger partial charge in [0.15, 0.2) is 0 Å². The van der Waals surface area contributed by atoms with Crippen molar-refractivity contribution in [1.29, 1.82) is 0 Å². The Morgan fingerprint density at radius 1 is 1.69 bits per heavy atom. The molecule has 0 aliphatic carbocycles. The summed E-state index contributed by atoms with van der Waals surface area (Å²) >= 11 is 0. The van der Waals surface area contributed by atoms with Gasteiger partial charge < -0.3 is 18.4 Å². The van der Waals surface area contributed by atoms with Gasteiger partial charge in [0.25, 0.3) is 0 Å². The molecule has 4 nitrogen and oxygen atoms in total. The van der Waals surface area contributed by atoms with Crippen LogP contribution in [0.2, 0.25) is 0 Å². The van der Waals surface area contributed by atoms with Crippen LogP contribution < -0.4 is 4.89 Å². The van der Waals surface area contributed by atoms with E-state index in [0.29, 0.717) is 6.42 Å². The molecule has 1 heterocycles. The average Bonchev–Trinajstić information content (AvgIpc) is 2.48. The fourth-order valence-corrected chi connectivity index (χ4v) is 1.40. The van der Waals surface area contributed by atoms with Crippen LogP contribution >= 0.6 is 7.60 Å². The van der Waals surface area contributed by atoms with E-state index in [2.05, 4.69) is 4.52 Å². The molecule has 0 fully saturated rings. The number of hydrogen-bond acceptors (Lipinski definition) is 4. The molecule has 13 heavy (non-hydrogen) atoms. The summed E-state index contributed by atoms with van der Waals surface area (Å²) in [5.74, 6) is 0. The van der Waals surface area contributed by atoms with Gasteiger partial charge in [-0.25, -0.2) is 0 Å². The summed E-state index contributed by atoms with van der Waals surface area (Å²) in [4.78, 5) is 10.6. The van der Waals surface area contributed by atoms with Crippen molar-refractivity contribution in [2.45, 2.75) is 12.8 Å². The minimum Gasteiger partial charge on any atom is -0.779 e. The molecule has 5 heteroatoms. The maximum Gasteiger partial charge on any atom is 0.131 e. The molecule has 0 aliphatic rings. The van der Waals surface area contributed by atoms with E-state index in [0.717, 1.165) is 18.6 Å². The van der Waals surface area contributed by atoms with Gasteiger partial charge in [-0.05, 0) is 24.5 Å². The molecule has 1 atom stereocenters. The molecular formula is C8H12O4P-. The fraction of sp³-hybridized carbons (Fsp3) is 0.500. The van der Waals surface area contributed by atoms with Crippen molar-refractivity contribution < 1.29 is 18.4 Å². The number of rotatable bonds is 5. The van der Waals surface area contributed by atoms with Crippen LogP contribution in [-0.4, -0.2) is 13.3 Å². The molecule has 0 saturated heterocycles. The van der Waals surface area contributed by atoms with E-state index >= 15 is 0 Å². The van der Waals surface area contributed by atoms with E-state index < -0.39 is 7.60 Å². The normalized spacial score (nSPS) is 15.5. The van der Waals surface area contributed by atoms with Crippen LogP contribution in [0, 0.1) is 0 Å². The second-order valence-electron chi connectivity index (χ2n) is 2.84. The summed E-state index contributed by atoms with van der Waals surface area (Å²) in [6.45, 7) is 1.31. The van der Waals surface area contributed by atoms with Crippen molar-refractivity contribution in [3.63, 3.8) is 0 Å². The third-order valence-electron chi connectivity index (χ3n) is 1.52. The minimum absolute atomic E-state index is 0.239. The zero-order valence-corrected chi connectivity index (χ0v) is 8.33. The molecule has 0 saturated carbocycles. The minimum atomic E-state index is -3.55. The molecule has 74 valence electrons. The second-order valence-corrected chi connectivity index (χ2v) is 4.64. The molecule has 1 unspecified atom stereocenters. The summed E-state index contributed by atoms with van der Waals surface area (Å²) in [5, 5.41) is 0. The Balaban J connectivity index is 2.12. The van der Waals surface area contributed by atoms with E-state index in [1.165, 1.54) is 0 Å². The number of hydrogen-bond donors (Lipinski definition) is 0. The molecule has 0 N–H and O–H groups in total. The summed E-state index contributed by atoms with van der Waals surface area (Å²) in [5.41, 5.74) is 1.06. The van der Waals surface area contributed by atoms with Crippen molar-refractivity contribution >= 4 is 7.60 Å². The zero-order chi connectivity index (χ0) is 9.73. The van der Waals surface area contributed by atoms with Crippen LogP contribution in [0.5, 0.6) is 0 Å². The topological polar surface area (TPSA) is 62.5 Å². The van der Waals surface area contributed by atoms with Gasteiger partial charge in [0.05, 0.1) is 19.1 Å². The molecule has 0 bridgehead atoms. The van der Waals surface area contributed by atoms with Crippen LogP contribution in [0.4, 0.5) is 0 Å². The maximum atomic E-state index is 10.6. The lowest BCUT2D eigenvalue weighted by Gasteiger charge is -2.17. The summed E-state index contributed by atoms with van der Waals surface area (Å²) in [6.07, 6.45) is 4.69. The Bertz CT molecular complexity index is 274. The zero-order valence-electron chi connectivity index (χ0n) is 7.43. The van der Waals surface area contributed by atoms with Gasteiger partial charge in [0.1, 0.15) is 7.60 Å². The van der Waals surface area contributed by atoms with Gasteiger partial charge in [0.2, 0.25) is 0 Å². The molecule has 0 amide bonds. The highest BCUT2D eigenvalue weighted by atomic mass is 31.2. The monoisotopic (exact) mass is 203 g/mol. The van der Waals surface area contributed by atoms with Crippen molar-refractivity contribution in [3.05, 3.63) is 24.2 Å². The average molecular weight is 203 g/mol. The molecule has 1 aromatic rings. The van der Waals surface area contributed by atoms with Gasteiger partial charge in [-0.2, -0.15) is 0 Å². The number of aryl methyl sites for hydroxylation is 1. The fourth-order valence-electron chi connectivity index (χ4n) is 0.942. The van der Waals surface area contributed by atoms with Crippen molar-refractivity contribution in [2.75, 3.05) is 13.3 Å². The van der Waals surface area contributed by atoms with Gasteiger partial charge in [0, 0.05) is 6.66 Å². The third kappa shape index (κ3) is 4.88. The SMILES string of the molecule is CP(=O)([O-])OCCCc1ccoc1. The molecule has 1 rings (SSSR count). The maximum absolute atomic E-state index is 10.6. The van der Waals surface area contributed by atoms with Gasteiger partial charge in [-0.3, -0.25) is 0 Å². The van der Waals surface area contributed by atoms with E-state index in [-0.39, 0.29) is 6.61 Å². The lowest BCUT2D eigenvalue weighted by molar-refractivity contribution is -0.196. The molecule has 0 spiro atoms. The van der Waals surface area contributed by atoms with Crippen LogP contribution in [0.15, 0.2) is 23.0 Å². The van der Waals surface area contributed by atoms with Crippen LogP contribution in [0.1, 0.15) is 12.0 Å². The first kappa shape index (κ1) is 10.5. The Kier molecular flexibility index (Phi) is 3.72. The van der Waals surface area contributed by atoms with Crippen LogP contribution in [0.3, 0.4) is 0 Å². The molecule has 0 radical (unpaired) electrons. The lowest BCUT2D eigenvalue weighted by atomic mass is 10.2. The standard InChI is InChI=1S/C8H13O4P/c1-13(9,10)12-5-2-3-8-4-6-11-7-8/h4,6-7H,2-3,5H2,1H3,(H,9,10)/p-1. The first-order chi connectivity index (χ1) is 6.08. The quantitative estimate of drug-likeness (QED) is 0.536. The van der Waals surface area contributed by atoms with Gasteiger partial charge in [-0.15, -0.1) is 0 Å². The highest BCUT2D eigenvalue weighted by molar-refractivity contribution is 7.50. The lowest BCUT2D eigenvalue weighted by Crippen LogP contribution is -2.04. The van der Waals surface area contributed by atoms with Crippen molar-refractivity contribution in [1.82, 2.24) is 0 Å². The predicted molar refractivity (Wildman–Crippen MR) is 46.5 cm³/mol. The Hall–Kier alpha value is -0.570. The highest BCUT2D eigenvalue weighted by Gasteiger charge is 1.99. The third-order valence-corrected chi connectivity index (χ3v) is 2.17. The first-order valence-corrected chi connectivity index (χ1v) is 6.01. The molecule has 0 aromatic carbocycles. The number of furan rings is 1. The Morgan fingerprint density at radius 2 is 2.46 bits per heavy atom. The summed E-state index contributed by atoms with van der Waals surface area (Å²) in [6, 6.07) is 1.85. The largest absolute Gasteiger partial charge is 0.779 e. The Morgan fingerprint density at radius 3 is 3.00 bits per heavy atom. The summed E-state index contributed by atoms with van der Waals surface area (Å²) < 4.78 is 20.0. The van der Waals surface area contributed by atoms with E-state index in [1.807, 2.05) is 6.07 Å². The molecule has 1 aromatic heterocycles. The van der Waals surface area contributed by atoms with Gasteiger partial charge in [-0.1, -0.05) is 0 Å². The smallest absolute Gasteiger partial charge is 0.131 e. The van der Waals surface area contributed by atoms with Gasteiger partial charge >= 0.3 is 0 Å². The summed E-state index contributed by atoms with van der Waals surface area (Å²) in [7, 11) is -3.55. The molecular weight excluding hydrogens is 191 g/mol. The highest BCUT2D eigenvalue weighted by Crippen LogP contribution is 2.30. The second kappa shape index (κ2) is 4.61. The Labute approximate surface area is 77.1 Å². The molecule has 0 aliphatic heterocycles. The van der Waals surface area contributed by atoms with Crippen molar-refractivity contribution in [2.24, 2.45) is 0 Å². The van der Waals surface area contributed by atoms with Crippen molar-refractivity contribution in [3.8, 4) is 0 Å². The van der Waals surface area contributed by atoms with E-state index in [9.17, 15) is 9.46 Å². The predicted octanol–water partition coefficient (Wildman–Crippen LogP) is 1.41. The van der Waals surface area contributed by atoms with Crippen LogP contribution in [-0.2, 0) is 15.5 Å². The first-order valence-electron chi connectivity index (χ1n) is 4.02.